The van der Waals surface area contributed by atoms with Crippen LogP contribution in [0, 0.1) is 0 Å². The van der Waals surface area contributed by atoms with Gasteiger partial charge < -0.3 is 15.4 Å². The Labute approximate surface area is 158 Å². The van der Waals surface area contributed by atoms with Crippen molar-refractivity contribution >= 4 is 39.8 Å². The zero-order valence-electron chi connectivity index (χ0n) is 14.3. The summed E-state index contributed by atoms with van der Waals surface area (Å²) >= 11 is 3.36. The van der Waals surface area contributed by atoms with Crippen LogP contribution in [0.3, 0.4) is 0 Å². The van der Waals surface area contributed by atoms with Gasteiger partial charge in [-0.1, -0.05) is 34.1 Å². The number of imide groups is 2. The third-order valence-corrected chi connectivity index (χ3v) is 4.53. The van der Waals surface area contributed by atoms with Crippen molar-refractivity contribution in [2.75, 3.05) is 26.8 Å². The predicted molar refractivity (Wildman–Crippen MR) is 95.2 cm³/mol. The zero-order chi connectivity index (χ0) is 19.3. The van der Waals surface area contributed by atoms with Gasteiger partial charge in [0, 0.05) is 23.7 Å². The zero-order valence-corrected chi connectivity index (χ0v) is 15.9. The average Bonchev–Trinajstić information content (AvgIpc) is 2.79. The number of hydrogen-bond donors (Lipinski definition) is 3. The lowest BCUT2D eigenvalue weighted by Crippen LogP contribution is -2.47. The van der Waals surface area contributed by atoms with Gasteiger partial charge in [-0.25, -0.2) is 9.59 Å². The Morgan fingerprint density at radius 2 is 2.00 bits per heavy atom. The Bertz CT molecular complexity index is 741. The van der Waals surface area contributed by atoms with Crippen molar-refractivity contribution in [1.29, 1.82) is 0 Å². The van der Waals surface area contributed by atoms with Gasteiger partial charge in [-0.15, -0.1) is 0 Å². The second kappa shape index (κ2) is 8.28. The predicted octanol–water partition coefficient (Wildman–Crippen LogP) is 0.688. The topological polar surface area (TPSA) is 117 Å². The third kappa shape index (κ3) is 4.20. The summed E-state index contributed by atoms with van der Waals surface area (Å²) in [5.41, 5.74) is -0.739. The van der Waals surface area contributed by atoms with E-state index in [2.05, 4.69) is 31.9 Å². The molecule has 1 aromatic carbocycles. The summed E-state index contributed by atoms with van der Waals surface area (Å²) in [5, 5.41) is 7.06. The highest BCUT2D eigenvalue weighted by Gasteiger charge is 2.50. The second-order valence-corrected chi connectivity index (χ2v) is 6.58. The summed E-state index contributed by atoms with van der Waals surface area (Å²) in [6.07, 6.45) is 0. The van der Waals surface area contributed by atoms with E-state index in [4.69, 9.17) is 4.74 Å². The molecule has 0 aliphatic carbocycles. The molecule has 1 fully saturated rings. The quantitative estimate of drug-likeness (QED) is 0.456. The van der Waals surface area contributed by atoms with E-state index in [-0.39, 0.29) is 6.54 Å². The molecule has 0 saturated carbocycles. The monoisotopic (exact) mass is 426 g/mol. The van der Waals surface area contributed by atoms with Crippen molar-refractivity contribution in [3.8, 4) is 0 Å². The van der Waals surface area contributed by atoms with Crippen molar-refractivity contribution in [2.24, 2.45) is 0 Å². The van der Waals surface area contributed by atoms with Crippen LogP contribution < -0.4 is 16.0 Å². The fraction of sp³-hybridized carbons (Fsp3) is 0.375. The van der Waals surface area contributed by atoms with E-state index in [1.165, 1.54) is 7.11 Å². The summed E-state index contributed by atoms with van der Waals surface area (Å²) in [4.78, 5) is 49.2. The first-order valence-electron chi connectivity index (χ1n) is 7.75. The number of methoxy groups -OCH3 is 1. The summed E-state index contributed by atoms with van der Waals surface area (Å²) in [6.45, 7) is 1.50. The second-order valence-electron chi connectivity index (χ2n) is 5.72. The Hall–Kier alpha value is -2.46. The number of nitrogens with one attached hydrogen (secondary N) is 3. The van der Waals surface area contributed by atoms with E-state index >= 15 is 0 Å². The SMILES string of the molecule is COCCNC(=O)NC(=O)CN1C(=O)N[C@@](C)(c2ccccc2Br)C1=O. The maximum Gasteiger partial charge on any atom is 0.325 e. The van der Waals surface area contributed by atoms with Crippen LogP contribution in [0.5, 0.6) is 0 Å². The molecule has 9 nitrogen and oxygen atoms in total. The van der Waals surface area contributed by atoms with Crippen molar-refractivity contribution in [1.82, 2.24) is 20.9 Å². The first-order chi connectivity index (χ1) is 12.3. The summed E-state index contributed by atoms with van der Waals surface area (Å²) in [6, 6.07) is 5.54. The van der Waals surface area contributed by atoms with E-state index in [9.17, 15) is 19.2 Å². The largest absolute Gasteiger partial charge is 0.383 e. The number of carbonyl (C=O) groups excluding carboxylic acids is 4. The molecule has 1 atom stereocenters. The van der Waals surface area contributed by atoms with E-state index < -0.39 is 36.0 Å². The average molecular weight is 427 g/mol. The van der Waals surface area contributed by atoms with Crippen LogP contribution in [0.15, 0.2) is 28.7 Å². The highest BCUT2D eigenvalue weighted by atomic mass is 79.9. The fourth-order valence-corrected chi connectivity index (χ4v) is 3.19. The van der Waals surface area contributed by atoms with Gasteiger partial charge in [0.25, 0.3) is 5.91 Å². The van der Waals surface area contributed by atoms with Gasteiger partial charge in [0.2, 0.25) is 5.91 Å². The van der Waals surface area contributed by atoms with Crippen LogP contribution in [-0.4, -0.2) is 55.6 Å². The van der Waals surface area contributed by atoms with Crippen molar-refractivity contribution in [3.63, 3.8) is 0 Å². The Kier molecular flexibility index (Phi) is 6.32. The molecule has 1 aliphatic heterocycles. The van der Waals surface area contributed by atoms with Gasteiger partial charge >= 0.3 is 12.1 Å². The standard InChI is InChI=1S/C16H19BrN4O5/c1-16(10-5-3-4-6-11(10)17)13(23)21(15(25)20-16)9-12(22)19-14(24)18-7-8-26-2/h3-6H,7-9H2,1-2H3,(H,20,25)(H2,18,19,22,24)/t16-/m0/s1. The Morgan fingerprint density at radius 1 is 1.31 bits per heavy atom. The molecule has 1 saturated heterocycles. The van der Waals surface area contributed by atoms with Crippen LogP contribution in [0.4, 0.5) is 9.59 Å². The van der Waals surface area contributed by atoms with Crippen LogP contribution >= 0.6 is 15.9 Å². The molecule has 0 unspecified atom stereocenters. The van der Waals surface area contributed by atoms with E-state index in [0.29, 0.717) is 16.6 Å². The minimum atomic E-state index is -1.31. The number of amides is 6. The van der Waals surface area contributed by atoms with Crippen LogP contribution in [-0.2, 0) is 19.9 Å². The minimum absolute atomic E-state index is 0.221. The lowest BCUT2D eigenvalue weighted by Gasteiger charge is -2.23. The number of carbonyl (C=O) groups is 4. The number of rotatable bonds is 6. The maximum atomic E-state index is 12.7. The molecule has 3 N–H and O–H groups in total. The molecule has 26 heavy (non-hydrogen) atoms. The number of ether oxygens (including phenoxy) is 1. The molecule has 0 spiro atoms. The highest BCUT2D eigenvalue weighted by Crippen LogP contribution is 2.33. The van der Waals surface area contributed by atoms with Crippen molar-refractivity contribution in [2.45, 2.75) is 12.5 Å². The Morgan fingerprint density at radius 3 is 2.65 bits per heavy atom. The fourth-order valence-electron chi connectivity index (χ4n) is 2.51. The van der Waals surface area contributed by atoms with Crippen molar-refractivity contribution in [3.05, 3.63) is 34.3 Å². The molecule has 1 aliphatic rings. The summed E-state index contributed by atoms with van der Waals surface area (Å²) in [7, 11) is 1.48. The minimum Gasteiger partial charge on any atom is -0.383 e. The Balaban J connectivity index is 2.04. The first kappa shape index (κ1) is 19.9. The summed E-state index contributed by atoms with van der Waals surface area (Å²) in [5.74, 6) is -1.36. The number of halogens is 1. The number of urea groups is 2. The molecule has 0 bridgehead atoms. The summed E-state index contributed by atoms with van der Waals surface area (Å²) < 4.78 is 5.42. The number of hydrogen-bond acceptors (Lipinski definition) is 5. The van der Waals surface area contributed by atoms with Crippen molar-refractivity contribution < 1.29 is 23.9 Å². The van der Waals surface area contributed by atoms with Crippen LogP contribution in [0.2, 0.25) is 0 Å². The molecule has 0 radical (unpaired) electrons. The number of nitrogens with zero attached hydrogens (tertiary/aromatic N) is 1. The van der Waals surface area contributed by atoms with Gasteiger partial charge in [0.1, 0.15) is 12.1 Å². The van der Waals surface area contributed by atoms with Gasteiger partial charge in [0.05, 0.1) is 6.61 Å². The smallest absolute Gasteiger partial charge is 0.325 e. The van der Waals surface area contributed by atoms with Gasteiger partial charge in [-0.05, 0) is 13.0 Å². The molecule has 6 amide bonds. The van der Waals surface area contributed by atoms with Gasteiger partial charge in [0.15, 0.2) is 0 Å². The van der Waals surface area contributed by atoms with E-state index in [1.54, 1.807) is 31.2 Å². The van der Waals surface area contributed by atoms with Gasteiger partial charge in [-0.3, -0.25) is 19.8 Å². The maximum absolute atomic E-state index is 12.7. The highest BCUT2D eigenvalue weighted by molar-refractivity contribution is 9.10. The molecular weight excluding hydrogens is 408 g/mol. The molecule has 1 aromatic rings. The van der Waals surface area contributed by atoms with Crippen LogP contribution in [0.1, 0.15) is 12.5 Å². The third-order valence-electron chi connectivity index (χ3n) is 3.83. The van der Waals surface area contributed by atoms with E-state index in [0.717, 1.165) is 4.90 Å². The molecule has 10 heteroatoms. The first-order valence-corrected chi connectivity index (χ1v) is 8.54. The molecule has 140 valence electrons. The van der Waals surface area contributed by atoms with Gasteiger partial charge in [-0.2, -0.15) is 0 Å². The lowest BCUT2D eigenvalue weighted by molar-refractivity contribution is -0.134. The molecule has 2 rings (SSSR count). The van der Waals surface area contributed by atoms with E-state index in [1.807, 2.05) is 0 Å². The van der Waals surface area contributed by atoms with Crippen LogP contribution in [0.25, 0.3) is 0 Å². The normalized spacial score (nSPS) is 19.3. The molecule has 0 aromatic heterocycles. The molecule has 1 heterocycles. The molecular formula is C16H19BrN4O5. The lowest BCUT2D eigenvalue weighted by atomic mass is 9.92. The number of benzene rings is 1.